The van der Waals surface area contributed by atoms with Gasteiger partial charge in [-0.2, -0.15) is 0 Å². The van der Waals surface area contributed by atoms with Crippen molar-refractivity contribution in [2.75, 3.05) is 13.6 Å². The maximum atomic E-state index is 12.1. The number of hydrogen-bond donors (Lipinski definition) is 1. The average molecular weight is 234 g/mol. The first kappa shape index (κ1) is 11.9. The Labute approximate surface area is 101 Å². The van der Waals surface area contributed by atoms with E-state index in [1.54, 1.807) is 11.9 Å². The molecule has 1 amide bonds. The Balaban J connectivity index is 2.01. The SMILES string of the molecule is CC(N)CN(C)C(=O)C1Cc2ccccc2O1. The molecule has 0 aliphatic carbocycles. The zero-order valence-corrected chi connectivity index (χ0v) is 10.2. The minimum atomic E-state index is -0.392. The van der Waals surface area contributed by atoms with Crippen LogP contribution in [0, 0.1) is 0 Å². The van der Waals surface area contributed by atoms with Gasteiger partial charge in [-0.15, -0.1) is 0 Å². The van der Waals surface area contributed by atoms with E-state index >= 15 is 0 Å². The van der Waals surface area contributed by atoms with Crippen molar-refractivity contribution in [3.63, 3.8) is 0 Å². The zero-order chi connectivity index (χ0) is 12.4. The molecule has 0 radical (unpaired) electrons. The highest BCUT2D eigenvalue weighted by Gasteiger charge is 2.30. The molecule has 0 aromatic heterocycles. The van der Waals surface area contributed by atoms with Gasteiger partial charge in [-0.05, 0) is 18.6 Å². The van der Waals surface area contributed by atoms with Crippen molar-refractivity contribution in [3.8, 4) is 5.75 Å². The highest BCUT2D eigenvalue weighted by molar-refractivity contribution is 5.82. The van der Waals surface area contributed by atoms with Crippen molar-refractivity contribution in [1.82, 2.24) is 4.90 Å². The summed E-state index contributed by atoms with van der Waals surface area (Å²) >= 11 is 0. The van der Waals surface area contributed by atoms with Crippen LogP contribution in [-0.2, 0) is 11.2 Å². The molecular formula is C13H18N2O2. The standard InChI is InChI=1S/C13H18N2O2/c1-9(14)8-15(2)13(16)12-7-10-5-3-4-6-11(10)17-12/h3-6,9,12H,7-8,14H2,1-2H3. The lowest BCUT2D eigenvalue weighted by atomic mass is 10.1. The lowest BCUT2D eigenvalue weighted by molar-refractivity contribution is -0.136. The molecule has 0 saturated heterocycles. The molecule has 0 fully saturated rings. The topological polar surface area (TPSA) is 55.6 Å². The predicted octanol–water partition coefficient (Wildman–Crippen LogP) is 0.796. The second-order valence-electron chi connectivity index (χ2n) is 4.61. The van der Waals surface area contributed by atoms with Gasteiger partial charge in [0.15, 0.2) is 6.10 Å². The van der Waals surface area contributed by atoms with Crippen molar-refractivity contribution < 1.29 is 9.53 Å². The van der Waals surface area contributed by atoms with E-state index in [1.807, 2.05) is 31.2 Å². The number of rotatable bonds is 3. The second kappa shape index (κ2) is 4.75. The smallest absolute Gasteiger partial charge is 0.263 e. The van der Waals surface area contributed by atoms with Gasteiger partial charge < -0.3 is 15.4 Å². The minimum Gasteiger partial charge on any atom is -0.480 e. The maximum absolute atomic E-state index is 12.1. The number of hydrogen-bond acceptors (Lipinski definition) is 3. The van der Waals surface area contributed by atoms with Gasteiger partial charge in [0.2, 0.25) is 0 Å². The predicted molar refractivity (Wildman–Crippen MR) is 65.8 cm³/mol. The molecule has 1 aromatic carbocycles. The summed E-state index contributed by atoms with van der Waals surface area (Å²) in [5.74, 6) is 0.818. The Hall–Kier alpha value is -1.55. The van der Waals surface area contributed by atoms with Crippen molar-refractivity contribution in [1.29, 1.82) is 0 Å². The summed E-state index contributed by atoms with van der Waals surface area (Å²) < 4.78 is 5.64. The highest BCUT2D eigenvalue weighted by Crippen LogP contribution is 2.28. The van der Waals surface area contributed by atoms with Crippen molar-refractivity contribution in [3.05, 3.63) is 29.8 Å². The van der Waals surface area contributed by atoms with E-state index in [1.165, 1.54) is 0 Å². The number of benzene rings is 1. The van der Waals surface area contributed by atoms with Crippen molar-refractivity contribution in [2.45, 2.75) is 25.5 Å². The van der Waals surface area contributed by atoms with Crippen LogP contribution in [0.5, 0.6) is 5.75 Å². The van der Waals surface area contributed by atoms with E-state index in [9.17, 15) is 4.79 Å². The van der Waals surface area contributed by atoms with Crippen molar-refractivity contribution in [2.24, 2.45) is 5.73 Å². The summed E-state index contributed by atoms with van der Waals surface area (Å²) in [5.41, 5.74) is 6.78. The van der Waals surface area contributed by atoms with Crippen molar-refractivity contribution >= 4 is 5.91 Å². The van der Waals surface area contributed by atoms with Crippen LogP contribution >= 0.6 is 0 Å². The molecule has 0 saturated carbocycles. The number of nitrogens with zero attached hydrogens (tertiary/aromatic N) is 1. The molecule has 4 heteroatoms. The monoisotopic (exact) mass is 234 g/mol. The molecule has 1 aliphatic rings. The molecule has 0 spiro atoms. The van der Waals surface area contributed by atoms with Crippen LogP contribution in [-0.4, -0.2) is 36.5 Å². The third kappa shape index (κ3) is 2.58. The van der Waals surface area contributed by atoms with Crippen LogP contribution in [0.15, 0.2) is 24.3 Å². The van der Waals surface area contributed by atoms with Crippen LogP contribution in [0.3, 0.4) is 0 Å². The zero-order valence-electron chi connectivity index (χ0n) is 10.2. The molecule has 1 heterocycles. The molecule has 0 bridgehead atoms. The van der Waals surface area contributed by atoms with Gasteiger partial charge in [-0.3, -0.25) is 4.79 Å². The fraction of sp³-hybridized carbons (Fsp3) is 0.462. The van der Waals surface area contributed by atoms with Gasteiger partial charge in [0.05, 0.1) is 0 Å². The summed E-state index contributed by atoms with van der Waals surface area (Å²) in [7, 11) is 1.76. The van der Waals surface area contributed by atoms with E-state index in [0.29, 0.717) is 13.0 Å². The Morgan fingerprint density at radius 2 is 2.29 bits per heavy atom. The summed E-state index contributed by atoms with van der Waals surface area (Å²) in [6.45, 7) is 2.43. The first-order chi connectivity index (χ1) is 8.08. The normalized spacial score (nSPS) is 19.4. The van der Waals surface area contributed by atoms with E-state index in [2.05, 4.69) is 0 Å². The third-order valence-corrected chi connectivity index (χ3v) is 2.86. The average Bonchev–Trinajstić information content (AvgIpc) is 2.70. The maximum Gasteiger partial charge on any atom is 0.263 e. The summed E-state index contributed by atoms with van der Waals surface area (Å²) in [5, 5.41) is 0. The van der Waals surface area contributed by atoms with Gasteiger partial charge >= 0.3 is 0 Å². The molecule has 2 N–H and O–H groups in total. The molecule has 4 nitrogen and oxygen atoms in total. The number of para-hydroxylation sites is 1. The van der Waals surface area contributed by atoms with E-state index < -0.39 is 6.10 Å². The lowest BCUT2D eigenvalue weighted by Gasteiger charge is -2.22. The third-order valence-electron chi connectivity index (χ3n) is 2.86. The molecular weight excluding hydrogens is 216 g/mol. The second-order valence-corrected chi connectivity index (χ2v) is 4.61. The largest absolute Gasteiger partial charge is 0.480 e. The molecule has 92 valence electrons. The van der Waals surface area contributed by atoms with Gasteiger partial charge in [0, 0.05) is 26.1 Å². The number of ether oxygens (including phenoxy) is 1. The molecule has 2 rings (SSSR count). The Kier molecular flexibility index (Phi) is 3.33. The summed E-state index contributed by atoms with van der Waals surface area (Å²) in [6.07, 6.45) is 0.259. The molecule has 17 heavy (non-hydrogen) atoms. The minimum absolute atomic E-state index is 0.00139. The quantitative estimate of drug-likeness (QED) is 0.841. The number of likely N-dealkylation sites (N-methyl/N-ethyl adjacent to an activating group) is 1. The molecule has 1 aromatic rings. The van der Waals surface area contributed by atoms with E-state index in [-0.39, 0.29) is 11.9 Å². The van der Waals surface area contributed by atoms with E-state index in [4.69, 9.17) is 10.5 Å². The van der Waals surface area contributed by atoms with Gasteiger partial charge in [-0.25, -0.2) is 0 Å². The Morgan fingerprint density at radius 3 is 2.94 bits per heavy atom. The highest BCUT2D eigenvalue weighted by atomic mass is 16.5. The number of amides is 1. The number of nitrogens with two attached hydrogens (primary N) is 1. The van der Waals surface area contributed by atoms with Crippen LogP contribution in [0.25, 0.3) is 0 Å². The van der Waals surface area contributed by atoms with Crippen LogP contribution in [0.4, 0.5) is 0 Å². The van der Waals surface area contributed by atoms with Crippen LogP contribution in [0.2, 0.25) is 0 Å². The molecule has 1 aliphatic heterocycles. The number of carbonyl (C=O) groups excluding carboxylic acids is 1. The van der Waals surface area contributed by atoms with E-state index in [0.717, 1.165) is 11.3 Å². The van der Waals surface area contributed by atoms with Gasteiger partial charge in [0.1, 0.15) is 5.75 Å². The van der Waals surface area contributed by atoms with Gasteiger partial charge in [-0.1, -0.05) is 18.2 Å². The fourth-order valence-electron chi connectivity index (χ4n) is 2.09. The Morgan fingerprint density at radius 1 is 1.59 bits per heavy atom. The summed E-state index contributed by atoms with van der Waals surface area (Å²) in [6, 6.07) is 7.74. The first-order valence-electron chi connectivity index (χ1n) is 5.83. The summed E-state index contributed by atoms with van der Waals surface area (Å²) in [4.78, 5) is 13.7. The van der Waals surface area contributed by atoms with Gasteiger partial charge in [0.25, 0.3) is 5.91 Å². The fourth-order valence-corrected chi connectivity index (χ4v) is 2.09. The molecule has 2 atom stereocenters. The number of fused-ring (bicyclic) bond motifs is 1. The van der Waals surface area contributed by atoms with Crippen LogP contribution in [0.1, 0.15) is 12.5 Å². The lowest BCUT2D eigenvalue weighted by Crippen LogP contribution is -2.43. The van der Waals surface area contributed by atoms with Crippen LogP contribution < -0.4 is 10.5 Å². The molecule has 2 unspecified atom stereocenters. The Bertz CT molecular complexity index is 393. The number of carbonyl (C=O) groups is 1. The first-order valence-corrected chi connectivity index (χ1v) is 5.83.